The first-order chi connectivity index (χ1) is 16.0. The van der Waals surface area contributed by atoms with E-state index in [1.54, 1.807) is 7.11 Å². The molecule has 0 bridgehead atoms. The number of methoxy groups -OCH3 is 1. The maximum absolute atomic E-state index is 12.8. The Bertz CT molecular complexity index is 1060. The summed E-state index contributed by atoms with van der Waals surface area (Å²) in [6, 6.07) is 11.1. The third kappa shape index (κ3) is 3.88. The number of piperazine rings is 1. The summed E-state index contributed by atoms with van der Waals surface area (Å²) >= 11 is 6.93. The van der Waals surface area contributed by atoms with Crippen LogP contribution in [0.5, 0.6) is 5.75 Å². The first kappa shape index (κ1) is 21.9. The van der Waals surface area contributed by atoms with Crippen molar-refractivity contribution in [1.82, 2.24) is 10.2 Å². The molecule has 3 amide bonds. The number of nitrogens with one attached hydrogen (secondary N) is 2. The molecule has 0 radical (unpaired) electrons. The number of fused-ring (bicyclic) bond motifs is 2. The van der Waals surface area contributed by atoms with Crippen molar-refractivity contribution in [2.24, 2.45) is 0 Å². The molecule has 2 heterocycles. The molecule has 8 heteroatoms. The molecule has 1 aliphatic carbocycles. The number of rotatable bonds is 3. The molecule has 0 aromatic heterocycles. The molecule has 33 heavy (non-hydrogen) atoms. The summed E-state index contributed by atoms with van der Waals surface area (Å²) in [4.78, 5) is 29.5. The Balaban J connectivity index is 1.43. The van der Waals surface area contributed by atoms with Gasteiger partial charge in [0, 0.05) is 43.4 Å². The fourth-order valence-electron chi connectivity index (χ4n) is 5.47. The standard InChI is InChI=1S/C25H29ClN4O3/c1-33-19-16-18(29-12-14-30(15-13-29)23(31)17-8-4-2-5-9-17)21(26)22-20(19)25(28-24(32)27-22)10-6-3-7-11-25/h2,4-5,8-9,16H,3,6-7,10-15H2,1H3,(H2,27,28,32). The summed E-state index contributed by atoms with van der Waals surface area (Å²) in [5, 5.41) is 6.66. The van der Waals surface area contributed by atoms with E-state index < -0.39 is 5.54 Å². The van der Waals surface area contributed by atoms with Gasteiger partial charge in [0.25, 0.3) is 5.91 Å². The third-order valence-corrected chi connectivity index (χ3v) is 7.52. The summed E-state index contributed by atoms with van der Waals surface area (Å²) in [6.45, 7) is 2.50. The lowest BCUT2D eigenvalue weighted by Crippen LogP contribution is -2.53. The predicted molar refractivity (Wildman–Crippen MR) is 129 cm³/mol. The molecule has 2 fully saturated rings. The van der Waals surface area contributed by atoms with Gasteiger partial charge in [-0.15, -0.1) is 0 Å². The smallest absolute Gasteiger partial charge is 0.319 e. The van der Waals surface area contributed by atoms with Gasteiger partial charge in [0.1, 0.15) is 5.75 Å². The third-order valence-electron chi connectivity index (χ3n) is 7.13. The number of nitrogens with zero attached hydrogens (tertiary/aromatic N) is 2. The second-order valence-electron chi connectivity index (χ2n) is 9.03. The zero-order valence-corrected chi connectivity index (χ0v) is 19.6. The number of ether oxygens (including phenoxy) is 1. The molecule has 1 spiro atoms. The Hall–Kier alpha value is -2.93. The van der Waals surface area contributed by atoms with Crippen molar-refractivity contribution in [2.45, 2.75) is 37.6 Å². The van der Waals surface area contributed by atoms with Crippen molar-refractivity contribution >= 4 is 34.9 Å². The van der Waals surface area contributed by atoms with Gasteiger partial charge in [0.05, 0.1) is 29.0 Å². The SMILES string of the molecule is COc1cc(N2CCN(C(=O)c3ccccc3)CC2)c(Cl)c2c1C1(CCCCC1)NC(=O)N2. The van der Waals surface area contributed by atoms with Gasteiger partial charge >= 0.3 is 6.03 Å². The highest BCUT2D eigenvalue weighted by molar-refractivity contribution is 6.37. The van der Waals surface area contributed by atoms with Crippen molar-refractivity contribution in [3.63, 3.8) is 0 Å². The lowest BCUT2D eigenvalue weighted by molar-refractivity contribution is 0.0746. The highest BCUT2D eigenvalue weighted by Gasteiger charge is 2.44. The van der Waals surface area contributed by atoms with Crippen LogP contribution in [-0.2, 0) is 5.54 Å². The van der Waals surface area contributed by atoms with E-state index in [1.807, 2.05) is 41.3 Å². The largest absolute Gasteiger partial charge is 0.496 e. The average molecular weight is 469 g/mol. The van der Waals surface area contributed by atoms with Crippen molar-refractivity contribution < 1.29 is 14.3 Å². The van der Waals surface area contributed by atoms with Gasteiger partial charge in [0.15, 0.2) is 0 Å². The fraction of sp³-hybridized carbons (Fsp3) is 0.440. The Morgan fingerprint density at radius 1 is 1.06 bits per heavy atom. The second-order valence-corrected chi connectivity index (χ2v) is 9.41. The van der Waals surface area contributed by atoms with E-state index in [1.165, 1.54) is 6.42 Å². The lowest BCUT2D eigenvalue weighted by atomic mass is 9.74. The van der Waals surface area contributed by atoms with Crippen LogP contribution in [0.3, 0.4) is 0 Å². The Morgan fingerprint density at radius 2 is 1.76 bits per heavy atom. The minimum Gasteiger partial charge on any atom is -0.496 e. The quantitative estimate of drug-likeness (QED) is 0.690. The van der Waals surface area contributed by atoms with E-state index >= 15 is 0 Å². The van der Waals surface area contributed by atoms with E-state index in [4.69, 9.17) is 16.3 Å². The molecule has 1 saturated heterocycles. The van der Waals surface area contributed by atoms with Crippen LogP contribution < -0.4 is 20.3 Å². The maximum Gasteiger partial charge on any atom is 0.319 e. The van der Waals surface area contributed by atoms with E-state index in [2.05, 4.69) is 15.5 Å². The number of urea groups is 1. The first-order valence-electron chi connectivity index (χ1n) is 11.6. The highest BCUT2D eigenvalue weighted by atomic mass is 35.5. The summed E-state index contributed by atoms with van der Waals surface area (Å²) in [5.74, 6) is 0.781. The van der Waals surface area contributed by atoms with Crippen LogP contribution in [0.15, 0.2) is 36.4 Å². The molecule has 174 valence electrons. The minimum absolute atomic E-state index is 0.0435. The molecule has 2 N–H and O–H groups in total. The summed E-state index contributed by atoms with van der Waals surface area (Å²) in [7, 11) is 1.66. The number of hydrogen-bond donors (Lipinski definition) is 2. The van der Waals surface area contributed by atoms with Crippen molar-refractivity contribution in [3.05, 3.63) is 52.5 Å². The number of halogens is 1. The Morgan fingerprint density at radius 3 is 2.42 bits per heavy atom. The topological polar surface area (TPSA) is 73.9 Å². The van der Waals surface area contributed by atoms with E-state index in [9.17, 15) is 9.59 Å². The van der Waals surface area contributed by atoms with Crippen LogP contribution in [-0.4, -0.2) is 50.1 Å². The monoisotopic (exact) mass is 468 g/mol. The van der Waals surface area contributed by atoms with Crippen LogP contribution in [0, 0.1) is 0 Å². The van der Waals surface area contributed by atoms with Crippen molar-refractivity contribution in [2.75, 3.05) is 43.5 Å². The zero-order chi connectivity index (χ0) is 23.0. The summed E-state index contributed by atoms with van der Waals surface area (Å²) in [5.41, 5.74) is 2.69. The lowest BCUT2D eigenvalue weighted by Gasteiger charge is -2.44. The number of benzene rings is 2. The maximum atomic E-state index is 12.8. The fourth-order valence-corrected chi connectivity index (χ4v) is 5.79. The molecule has 7 nitrogen and oxygen atoms in total. The predicted octanol–water partition coefficient (Wildman–Crippen LogP) is 4.61. The number of carbonyl (C=O) groups is 2. The number of amides is 3. The van der Waals surface area contributed by atoms with Crippen molar-refractivity contribution in [3.8, 4) is 5.75 Å². The molecule has 5 rings (SSSR count). The molecule has 2 aromatic rings. The molecule has 1 saturated carbocycles. The van der Waals surface area contributed by atoms with Crippen LogP contribution in [0.4, 0.5) is 16.2 Å². The first-order valence-corrected chi connectivity index (χ1v) is 12.0. The summed E-state index contributed by atoms with van der Waals surface area (Å²) in [6.07, 6.45) is 5.03. The molecule has 2 aliphatic heterocycles. The highest BCUT2D eigenvalue weighted by Crippen LogP contribution is 2.52. The molecule has 3 aliphatic rings. The zero-order valence-electron chi connectivity index (χ0n) is 18.8. The second kappa shape index (κ2) is 8.78. The van der Waals surface area contributed by atoms with Gasteiger partial charge in [-0.25, -0.2) is 4.79 Å². The molecular formula is C25H29ClN4O3. The number of carbonyl (C=O) groups excluding carboxylic acids is 2. The van der Waals surface area contributed by atoms with Gasteiger partial charge in [-0.05, 0) is 25.0 Å². The van der Waals surface area contributed by atoms with Gasteiger partial charge in [-0.2, -0.15) is 0 Å². The number of hydrogen-bond acceptors (Lipinski definition) is 4. The van der Waals surface area contributed by atoms with Gasteiger partial charge < -0.3 is 25.2 Å². The van der Waals surface area contributed by atoms with E-state index in [0.29, 0.717) is 42.5 Å². The molecule has 0 atom stereocenters. The van der Waals surface area contributed by atoms with E-state index in [-0.39, 0.29) is 11.9 Å². The van der Waals surface area contributed by atoms with Crippen LogP contribution in [0.25, 0.3) is 0 Å². The molecule has 0 unspecified atom stereocenters. The van der Waals surface area contributed by atoms with E-state index in [0.717, 1.165) is 42.7 Å². The van der Waals surface area contributed by atoms with Gasteiger partial charge in [-0.3, -0.25) is 4.79 Å². The van der Waals surface area contributed by atoms with Crippen LogP contribution >= 0.6 is 11.6 Å². The minimum atomic E-state index is -0.440. The van der Waals surface area contributed by atoms with Crippen LogP contribution in [0.2, 0.25) is 5.02 Å². The summed E-state index contributed by atoms with van der Waals surface area (Å²) < 4.78 is 5.84. The molecular weight excluding hydrogens is 440 g/mol. The van der Waals surface area contributed by atoms with Gasteiger partial charge in [0.2, 0.25) is 0 Å². The van der Waals surface area contributed by atoms with Gasteiger partial charge in [-0.1, -0.05) is 49.1 Å². The normalized spacial score (nSPS) is 19.5. The van der Waals surface area contributed by atoms with Crippen molar-refractivity contribution in [1.29, 1.82) is 0 Å². The van der Waals surface area contributed by atoms with Crippen LogP contribution in [0.1, 0.15) is 48.0 Å². The number of anilines is 2. The Labute approximate surface area is 199 Å². The molecule has 2 aromatic carbocycles. The Kier molecular flexibility index (Phi) is 5.83. The average Bonchev–Trinajstić information content (AvgIpc) is 2.85.